The molecule has 0 atom stereocenters. The van der Waals surface area contributed by atoms with Crippen molar-refractivity contribution in [3.8, 4) is 0 Å². The maximum Gasteiger partial charge on any atom is 0.317 e. The molecule has 0 aliphatic heterocycles. The minimum absolute atomic E-state index is 0.119. The first kappa shape index (κ1) is 14.7. The third-order valence-corrected chi connectivity index (χ3v) is 4.63. The van der Waals surface area contributed by atoms with Gasteiger partial charge in [0, 0.05) is 17.5 Å². The first-order valence-corrected chi connectivity index (χ1v) is 8.38. The van der Waals surface area contributed by atoms with Gasteiger partial charge in [0.1, 0.15) is 0 Å². The van der Waals surface area contributed by atoms with Crippen LogP contribution in [0.25, 0.3) is 5.70 Å². The van der Waals surface area contributed by atoms with Gasteiger partial charge in [-0.05, 0) is 44.0 Å². The standard InChI is InChI=1S/C16H16N2O3S/c1-12-7-9-13(10-8-12)22(19,20)21-18-16-6-2-5-15-14(16)4-3-11-17-15/h3-4,6-11,18H,2,5H2,1H3. The number of benzene rings is 1. The molecule has 0 spiro atoms. The predicted octanol–water partition coefficient (Wildman–Crippen LogP) is 2.59. The maximum atomic E-state index is 12.2. The molecule has 1 N–H and O–H groups in total. The Balaban J connectivity index is 1.78. The highest BCUT2D eigenvalue weighted by Gasteiger charge is 2.19. The third kappa shape index (κ3) is 3.03. The Morgan fingerprint density at radius 3 is 2.73 bits per heavy atom. The summed E-state index contributed by atoms with van der Waals surface area (Å²) in [6, 6.07) is 10.2. The zero-order valence-electron chi connectivity index (χ0n) is 12.1. The van der Waals surface area contributed by atoms with E-state index in [1.165, 1.54) is 12.1 Å². The Morgan fingerprint density at radius 2 is 1.95 bits per heavy atom. The quantitative estimate of drug-likeness (QED) is 0.878. The maximum absolute atomic E-state index is 12.2. The van der Waals surface area contributed by atoms with E-state index in [1.54, 1.807) is 18.3 Å². The second-order valence-corrected chi connectivity index (χ2v) is 6.65. The molecule has 2 aromatic rings. The fourth-order valence-electron chi connectivity index (χ4n) is 2.30. The molecule has 1 aromatic heterocycles. The molecule has 0 saturated heterocycles. The second-order valence-electron chi connectivity index (χ2n) is 5.11. The van der Waals surface area contributed by atoms with Gasteiger partial charge in [-0.25, -0.2) is 5.48 Å². The molecule has 6 heteroatoms. The molecule has 1 aliphatic rings. The molecule has 1 aromatic carbocycles. The zero-order chi connectivity index (χ0) is 15.6. The highest BCUT2D eigenvalue weighted by Crippen LogP contribution is 2.23. The molecule has 0 fully saturated rings. The van der Waals surface area contributed by atoms with E-state index in [-0.39, 0.29) is 4.90 Å². The Bertz CT molecular complexity index is 812. The molecular formula is C16H16N2O3S. The van der Waals surface area contributed by atoms with Gasteiger partial charge < -0.3 is 0 Å². The van der Waals surface area contributed by atoms with Crippen molar-refractivity contribution in [2.24, 2.45) is 0 Å². The van der Waals surface area contributed by atoms with Crippen molar-refractivity contribution in [1.82, 2.24) is 10.5 Å². The number of hydroxylamine groups is 1. The van der Waals surface area contributed by atoms with Crippen LogP contribution in [0.2, 0.25) is 0 Å². The SMILES string of the molecule is Cc1ccc(S(=O)(=O)ONC2=CCCc3ncccc32)cc1. The largest absolute Gasteiger partial charge is 0.317 e. The van der Waals surface area contributed by atoms with Crippen LogP contribution in [0.15, 0.2) is 53.6 Å². The van der Waals surface area contributed by atoms with Crippen molar-refractivity contribution >= 4 is 15.8 Å². The third-order valence-electron chi connectivity index (χ3n) is 3.48. The van der Waals surface area contributed by atoms with Crippen LogP contribution in [0, 0.1) is 6.92 Å². The first-order valence-electron chi connectivity index (χ1n) is 6.97. The van der Waals surface area contributed by atoms with Crippen molar-refractivity contribution in [1.29, 1.82) is 0 Å². The first-order chi connectivity index (χ1) is 10.6. The summed E-state index contributed by atoms with van der Waals surface area (Å²) in [4.78, 5) is 4.41. The number of rotatable bonds is 4. The Labute approximate surface area is 129 Å². The van der Waals surface area contributed by atoms with Crippen molar-refractivity contribution in [3.63, 3.8) is 0 Å². The lowest BCUT2D eigenvalue weighted by Crippen LogP contribution is -2.21. The fraction of sp³-hybridized carbons (Fsp3) is 0.188. The van der Waals surface area contributed by atoms with Gasteiger partial charge in [-0.2, -0.15) is 8.42 Å². The summed E-state index contributed by atoms with van der Waals surface area (Å²) < 4.78 is 29.3. The lowest BCUT2D eigenvalue weighted by Gasteiger charge is -2.17. The van der Waals surface area contributed by atoms with E-state index in [2.05, 4.69) is 10.5 Å². The highest BCUT2D eigenvalue weighted by atomic mass is 32.2. The van der Waals surface area contributed by atoms with Crippen molar-refractivity contribution in [2.45, 2.75) is 24.7 Å². The number of pyridine rings is 1. The molecule has 5 nitrogen and oxygen atoms in total. The number of nitrogens with one attached hydrogen (secondary N) is 1. The van der Waals surface area contributed by atoms with Crippen LogP contribution in [-0.2, 0) is 20.8 Å². The summed E-state index contributed by atoms with van der Waals surface area (Å²) in [6.45, 7) is 1.90. The van der Waals surface area contributed by atoms with E-state index in [9.17, 15) is 8.42 Å². The van der Waals surface area contributed by atoms with Gasteiger partial charge in [-0.15, -0.1) is 4.28 Å². The summed E-state index contributed by atoms with van der Waals surface area (Å²) in [5, 5.41) is 0. The zero-order valence-corrected chi connectivity index (χ0v) is 12.9. The normalized spacial score (nSPS) is 14.1. The van der Waals surface area contributed by atoms with Crippen LogP contribution in [0.4, 0.5) is 0 Å². The van der Waals surface area contributed by atoms with Crippen LogP contribution < -0.4 is 5.48 Å². The second kappa shape index (κ2) is 5.90. The Hall–Kier alpha value is -2.18. The van der Waals surface area contributed by atoms with Gasteiger partial charge in [-0.3, -0.25) is 4.98 Å². The van der Waals surface area contributed by atoms with Gasteiger partial charge >= 0.3 is 10.1 Å². The van der Waals surface area contributed by atoms with Crippen LogP contribution in [-0.4, -0.2) is 13.4 Å². The lowest BCUT2D eigenvalue weighted by molar-refractivity contribution is 0.258. The van der Waals surface area contributed by atoms with Crippen molar-refractivity contribution < 1.29 is 12.7 Å². The molecule has 0 saturated carbocycles. The van der Waals surface area contributed by atoms with Crippen LogP contribution in [0.3, 0.4) is 0 Å². The molecule has 22 heavy (non-hydrogen) atoms. The van der Waals surface area contributed by atoms with Gasteiger partial charge in [0.05, 0.1) is 10.6 Å². The molecule has 0 radical (unpaired) electrons. The average Bonchev–Trinajstić information content (AvgIpc) is 2.53. The molecule has 0 amide bonds. The fourth-order valence-corrected chi connectivity index (χ4v) is 3.06. The van der Waals surface area contributed by atoms with Gasteiger partial charge in [-0.1, -0.05) is 23.8 Å². The summed E-state index contributed by atoms with van der Waals surface area (Å²) in [5.41, 5.74) is 5.98. The van der Waals surface area contributed by atoms with E-state index in [1.807, 2.05) is 25.1 Å². The van der Waals surface area contributed by atoms with Crippen LogP contribution in [0.1, 0.15) is 23.2 Å². The van der Waals surface area contributed by atoms with Gasteiger partial charge in [0.25, 0.3) is 0 Å². The van der Waals surface area contributed by atoms with E-state index in [0.29, 0.717) is 5.70 Å². The lowest BCUT2D eigenvalue weighted by atomic mass is 10.0. The molecule has 0 unspecified atom stereocenters. The summed E-state index contributed by atoms with van der Waals surface area (Å²) in [6.07, 6.45) is 5.27. The number of nitrogens with zero attached hydrogens (tertiary/aromatic N) is 1. The Kier molecular flexibility index (Phi) is 3.96. The molecule has 114 valence electrons. The van der Waals surface area contributed by atoms with E-state index >= 15 is 0 Å². The van der Waals surface area contributed by atoms with Crippen molar-refractivity contribution in [2.75, 3.05) is 0 Å². The topological polar surface area (TPSA) is 68.3 Å². The summed E-state index contributed by atoms with van der Waals surface area (Å²) in [5.74, 6) is 0. The summed E-state index contributed by atoms with van der Waals surface area (Å²) >= 11 is 0. The van der Waals surface area contributed by atoms with Crippen LogP contribution >= 0.6 is 0 Å². The monoisotopic (exact) mass is 316 g/mol. The number of hydrogen-bond acceptors (Lipinski definition) is 5. The Morgan fingerprint density at radius 1 is 1.18 bits per heavy atom. The number of aryl methyl sites for hydroxylation is 2. The van der Waals surface area contributed by atoms with Crippen molar-refractivity contribution in [3.05, 3.63) is 65.5 Å². The number of hydrogen-bond donors (Lipinski definition) is 1. The minimum atomic E-state index is -3.85. The molecule has 0 bridgehead atoms. The highest BCUT2D eigenvalue weighted by molar-refractivity contribution is 7.86. The predicted molar refractivity (Wildman–Crippen MR) is 83.1 cm³/mol. The summed E-state index contributed by atoms with van der Waals surface area (Å²) in [7, 11) is -3.85. The number of allylic oxidation sites excluding steroid dienone is 1. The number of aromatic nitrogens is 1. The molecule has 1 heterocycles. The van der Waals surface area contributed by atoms with Gasteiger partial charge in [0.15, 0.2) is 0 Å². The smallest absolute Gasteiger partial charge is 0.261 e. The van der Waals surface area contributed by atoms with Gasteiger partial charge in [0.2, 0.25) is 0 Å². The van der Waals surface area contributed by atoms with E-state index in [4.69, 9.17) is 4.28 Å². The average molecular weight is 316 g/mol. The number of fused-ring (bicyclic) bond motifs is 1. The molecular weight excluding hydrogens is 300 g/mol. The van der Waals surface area contributed by atoms with E-state index in [0.717, 1.165) is 29.7 Å². The molecule has 3 rings (SSSR count). The molecule has 1 aliphatic carbocycles. The van der Waals surface area contributed by atoms with E-state index < -0.39 is 10.1 Å². The van der Waals surface area contributed by atoms with Crippen LogP contribution in [0.5, 0.6) is 0 Å². The minimum Gasteiger partial charge on any atom is -0.261 e.